The minimum absolute atomic E-state index is 0.0527. The first kappa shape index (κ1) is 22.7. The molecule has 8 atom stereocenters. The van der Waals surface area contributed by atoms with Gasteiger partial charge in [-0.1, -0.05) is 64.4 Å². The predicted molar refractivity (Wildman–Crippen MR) is 127 cm³/mol. The highest BCUT2D eigenvalue weighted by Gasteiger charge is 2.68. The summed E-state index contributed by atoms with van der Waals surface area (Å²) in [6, 6.07) is 11.1. The van der Waals surface area contributed by atoms with Crippen molar-refractivity contribution < 1.29 is 19.4 Å². The molecule has 0 radical (unpaired) electrons. The van der Waals surface area contributed by atoms with Crippen LogP contribution in [0.1, 0.15) is 72.0 Å². The lowest BCUT2D eigenvalue weighted by Crippen LogP contribution is -2.69. The summed E-state index contributed by atoms with van der Waals surface area (Å²) in [5.74, 6) is 1.06. The van der Waals surface area contributed by atoms with Crippen molar-refractivity contribution in [3.8, 4) is 17.1 Å². The molecular weight excluding hydrogens is 416 g/mol. The molecule has 0 amide bonds. The molecule has 2 aromatic rings. The molecule has 2 heterocycles. The quantitative estimate of drug-likeness (QED) is 0.643. The molecule has 1 aliphatic heterocycles. The maximum atomic E-state index is 13.2. The van der Waals surface area contributed by atoms with E-state index in [9.17, 15) is 15.0 Å². The minimum atomic E-state index is -1.06. The first-order valence-electron chi connectivity index (χ1n) is 12.3. The number of rotatable bonds is 2. The van der Waals surface area contributed by atoms with Crippen LogP contribution in [-0.2, 0) is 0 Å². The summed E-state index contributed by atoms with van der Waals surface area (Å²) in [5, 5.41) is 23.2. The lowest BCUT2D eigenvalue weighted by atomic mass is 9.41. The molecule has 5 rings (SSSR count). The number of benzene rings is 1. The van der Waals surface area contributed by atoms with E-state index in [0.717, 1.165) is 24.8 Å². The molecule has 2 aliphatic carbocycles. The first-order chi connectivity index (χ1) is 15.6. The molecule has 1 aromatic carbocycles. The number of fused-ring (bicyclic) bond motifs is 4. The van der Waals surface area contributed by atoms with Crippen LogP contribution in [0.2, 0.25) is 0 Å². The van der Waals surface area contributed by atoms with Gasteiger partial charge in [0.1, 0.15) is 22.7 Å². The van der Waals surface area contributed by atoms with Gasteiger partial charge >= 0.3 is 5.63 Å². The molecule has 1 aromatic heterocycles. The summed E-state index contributed by atoms with van der Waals surface area (Å²) in [5.41, 5.74) is -0.829. The van der Waals surface area contributed by atoms with Crippen LogP contribution in [-0.4, -0.2) is 21.9 Å². The summed E-state index contributed by atoms with van der Waals surface area (Å²) < 4.78 is 12.2. The Morgan fingerprint density at radius 1 is 1.12 bits per heavy atom. The largest absolute Gasteiger partial charge is 0.484 e. The Hall–Kier alpha value is -2.11. The Balaban J connectivity index is 1.65. The highest BCUT2D eigenvalue weighted by atomic mass is 16.5. The van der Waals surface area contributed by atoms with E-state index in [2.05, 4.69) is 27.7 Å². The van der Waals surface area contributed by atoms with Gasteiger partial charge < -0.3 is 19.4 Å². The number of aliphatic hydroxyl groups excluding tert-OH is 2. The maximum Gasteiger partial charge on any atom is 0.345 e. The van der Waals surface area contributed by atoms with E-state index < -0.39 is 29.4 Å². The molecule has 0 spiro atoms. The second-order valence-corrected chi connectivity index (χ2v) is 11.4. The summed E-state index contributed by atoms with van der Waals surface area (Å²) in [4.78, 5) is 13.2. The van der Waals surface area contributed by atoms with Crippen LogP contribution in [0.15, 0.2) is 45.6 Å². The summed E-state index contributed by atoms with van der Waals surface area (Å²) in [6.45, 7) is 11.0. The standard InChI is InChI=1S/C28H36O5/c1-6-26(3)16(2)12-13-27(4)20(26)15-21(29)28(5)24(27)23(30)22-19(33-28)14-18(32-25(22)31)17-10-8-7-9-11-17/h7-11,14,16,20-21,23-24,29-30H,6,12-13,15H2,1-5H3/t16-,20?,21-,23-,24?,26+,27-,28+/m0/s1. The molecule has 5 nitrogen and oxygen atoms in total. The maximum absolute atomic E-state index is 13.2. The molecule has 0 bridgehead atoms. The van der Waals surface area contributed by atoms with E-state index in [1.165, 1.54) is 0 Å². The lowest BCUT2D eigenvalue weighted by molar-refractivity contribution is -0.253. The summed E-state index contributed by atoms with van der Waals surface area (Å²) >= 11 is 0. The van der Waals surface area contributed by atoms with E-state index in [1.54, 1.807) is 6.07 Å². The van der Waals surface area contributed by atoms with Gasteiger partial charge in [-0.3, -0.25) is 0 Å². The fraction of sp³-hybridized carbons (Fsp3) is 0.607. The molecule has 0 saturated heterocycles. The van der Waals surface area contributed by atoms with Crippen LogP contribution >= 0.6 is 0 Å². The Bertz CT molecular complexity index is 1110. The third kappa shape index (κ3) is 3.01. The van der Waals surface area contributed by atoms with Crippen molar-refractivity contribution in [2.24, 2.45) is 28.6 Å². The lowest BCUT2D eigenvalue weighted by Gasteiger charge is -2.67. The van der Waals surface area contributed by atoms with Crippen molar-refractivity contribution >= 4 is 0 Å². The average Bonchev–Trinajstić information content (AvgIpc) is 2.78. The smallest absolute Gasteiger partial charge is 0.345 e. The zero-order chi connectivity index (χ0) is 23.8. The fourth-order valence-corrected chi connectivity index (χ4v) is 7.74. The molecule has 2 fully saturated rings. The zero-order valence-corrected chi connectivity index (χ0v) is 20.3. The fourth-order valence-electron chi connectivity index (χ4n) is 7.74. The van der Waals surface area contributed by atoms with E-state index in [1.807, 2.05) is 37.3 Å². The number of hydrogen-bond acceptors (Lipinski definition) is 5. The van der Waals surface area contributed by atoms with Gasteiger partial charge in [0, 0.05) is 17.5 Å². The number of aliphatic hydroxyl groups is 2. The van der Waals surface area contributed by atoms with E-state index >= 15 is 0 Å². The van der Waals surface area contributed by atoms with Crippen LogP contribution < -0.4 is 10.4 Å². The molecule has 2 N–H and O–H groups in total. The van der Waals surface area contributed by atoms with Crippen molar-refractivity contribution in [3.05, 3.63) is 52.4 Å². The van der Waals surface area contributed by atoms with Crippen molar-refractivity contribution in [1.82, 2.24) is 0 Å². The highest BCUT2D eigenvalue weighted by molar-refractivity contribution is 5.60. The Morgan fingerprint density at radius 3 is 2.48 bits per heavy atom. The van der Waals surface area contributed by atoms with Gasteiger partial charge in [0.2, 0.25) is 0 Å². The summed E-state index contributed by atoms with van der Waals surface area (Å²) in [6.07, 6.45) is 1.84. The third-order valence-corrected chi connectivity index (χ3v) is 9.99. The van der Waals surface area contributed by atoms with Crippen molar-refractivity contribution in [1.29, 1.82) is 0 Å². The second-order valence-electron chi connectivity index (χ2n) is 11.4. The van der Waals surface area contributed by atoms with Crippen LogP contribution in [0.3, 0.4) is 0 Å². The van der Waals surface area contributed by atoms with Gasteiger partial charge in [-0.25, -0.2) is 4.79 Å². The molecule has 3 aliphatic rings. The van der Waals surface area contributed by atoms with Crippen LogP contribution in [0.4, 0.5) is 0 Å². The topological polar surface area (TPSA) is 79.9 Å². The first-order valence-corrected chi connectivity index (χ1v) is 12.3. The Morgan fingerprint density at radius 2 is 1.82 bits per heavy atom. The van der Waals surface area contributed by atoms with Crippen molar-refractivity contribution in [2.75, 3.05) is 0 Å². The van der Waals surface area contributed by atoms with Crippen molar-refractivity contribution in [2.45, 2.75) is 78.1 Å². The van der Waals surface area contributed by atoms with E-state index in [4.69, 9.17) is 9.15 Å². The molecule has 5 heteroatoms. The van der Waals surface area contributed by atoms with Gasteiger partial charge in [0.05, 0.1) is 12.2 Å². The SMILES string of the molecule is CC[C@@]1(C)C2C[C@H](O)[C@@]3(C)Oc4cc(-c5ccccc5)oc(=O)c4[C@H](O)C3[C@@]2(C)CC[C@@H]1C. The second kappa shape index (κ2) is 7.44. The third-order valence-electron chi connectivity index (χ3n) is 9.99. The van der Waals surface area contributed by atoms with Crippen LogP contribution in [0.5, 0.6) is 5.75 Å². The van der Waals surface area contributed by atoms with Gasteiger partial charge in [-0.2, -0.15) is 0 Å². The van der Waals surface area contributed by atoms with Crippen molar-refractivity contribution in [3.63, 3.8) is 0 Å². The normalized spacial score (nSPS) is 42.0. The molecule has 178 valence electrons. The molecule has 2 unspecified atom stereocenters. The zero-order valence-electron chi connectivity index (χ0n) is 20.3. The highest BCUT2D eigenvalue weighted by Crippen LogP contribution is 2.68. The molecular formula is C28H36O5. The van der Waals surface area contributed by atoms with Gasteiger partial charge in [-0.15, -0.1) is 0 Å². The van der Waals surface area contributed by atoms with E-state index in [0.29, 0.717) is 23.8 Å². The Labute approximate surface area is 195 Å². The van der Waals surface area contributed by atoms with Gasteiger partial charge in [0.15, 0.2) is 0 Å². The summed E-state index contributed by atoms with van der Waals surface area (Å²) in [7, 11) is 0. The van der Waals surface area contributed by atoms with Gasteiger partial charge in [0.25, 0.3) is 0 Å². The number of hydrogen-bond donors (Lipinski definition) is 2. The van der Waals surface area contributed by atoms with Crippen LogP contribution in [0.25, 0.3) is 11.3 Å². The number of ether oxygens (including phenoxy) is 1. The monoisotopic (exact) mass is 452 g/mol. The predicted octanol–water partition coefficient (Wildman–Crippen LogP) is 5.34. The molecule has 33 heavy (non-hydrogen) atoms. The van der Waals surface area contributed by atoms with Gasteiger partial charge in [-0.05, 0) is 48.9 Å². The Kier molecular flexibility index (Phi) is 5.11. The average molecular weight is 453 g/mol. The van der Waals surface area contributed by atoms with E-state index in [-0.39, 0.29) is 22.3 Å². The minimum Gasteiger partial charge on any atom is -0.484 e. The van der Waals surface area contributed by atoms with Crippen LogP contribution in [0, 0.1) is 28.6 Å². The molecule has 2 saturated carbocycles.